The van der Waals surface area contributed by atoms with E-state index < -0.39 is 11.9 Å². The average molecular weight is 388 g/mol. The molecule has 0 heterocycles. The van der Waals surface area contributed by atoms with Gasteiger partial charge in [-0.15, -0.1) is 0 Å². The molecule has 0 fully saturated rings. The molecule has 0 aromatic carbocycles. The van der Waals surface area contributed by atoms with E-state index in [2.05, 4.69) is 13.2 Å². The van der Waals surface area contributed by atoms with Gasteiger partial charge in [0.2, 0.25) is 0 Å². The van der Waals surface area contributed by atoms with Crippen LogP contribution >= 0.6 is 0 Å². The van der Waals surface area contributed by atoms with Gasteiger partial charge in [-0.2, -0.15) is 0 Å². The molecule has 0 saturated carbocycles. The first-order valence-corrected chi connectivity index (χ1v) is 9.04. The monoisotopic (exact) mass is 388 g/mol. The highest BCUT2D eigenvalue weighted by Gasteiger charge is 2.04. The number of carbonyl (C=O) groups excluding carboxylic acids is 2. The Morgan fingerprint density at radius 2 is 1.04 bits per heavy atom. The maximum atomic E-state index is 10.8. The lowest BCUT2D eigenvalue weighted by Gasteiger charge is -2.15. The second kappa shape index (κ2) is 17.7. The molecule has 0 saturated heterocycles. The second-order valence-electron chi connectivity index (χ2n) is 5.42. The molecule has 0 aromatic heterocycles. The molecule has 0 amide bonds. The number of hydrogen-bond donors (Lipinski definition) is 0. The molecule has 0 bridgehead atoms. The summed E-state index contributed by atoms with van der Waals surface area (Å²) in [4.78, 5) is 21.7. The van der Waals surface area contributed by atoms with Crippen LogP contribution in [0, 0.1) is 0 Å². The van der Waals surface area contributed by atoms with E-state index in [1.165, 1.54) is 0 Å². The molecule has 2 unspecified atom stereocenters. The third kappa shape index (κ3) is 17.4. The molecule has 0 aliphatic rings. The Morgan fingerprint density at radius 3 is 1.41 bits per heavy atom. The van der Waals surface area contributed by atoms with E-state index >= 15 is 0 Å². The normalized spacial score (nSPS) is 12.8. The zero-order chi connectivity index (χ0) is 20.3. The smallest absolute Gasteiger partial charge is 0.330 e. The molecule has 0 aliphatic heterocycles. The van der Waals surface area contributed by atoms with Crippen molar-refractivity contribution < 1.29 is 38.0 Å². The standard InChI is InChI=1S/C19H32O8/c1-5-18(20)26-14-12-24-16(3)22-10-8-7-9-11-23-17(4)25-13-15-27-19(21)6-2/h5-6,16-17H,1-2,7-15H2,3-4H3. The van der Waals surface area contributed by atoms with E-state index in [0.717, 1.165) is 31.4 Å². The summed E-state index contributed by atoms with van der Waals surface area (Å²) < 4.78 is 31.3. The summed E-state index contributed by atoms with van der Waals surface area (Å²) in [5.74, 6) is -0.935. The molecule has 0 aliphatic carbocycles. The number of hydrogen-bond acceptors (Lipinski definition) is 8. The summed E-state index contributed by atoms with van der Waals surface area (Å²) in [6, 6.07) is 0. The fraction of sp³-hybridized carbons (Fsp3) is 0.684. The van der Waals surface area contributed by atoms with Crippen LogP contribution in [0.2, 0.25) is 0 Å². The van der Waals surface area contributed by atoms with Crippen molar-refractivity contribution in [3.8, 4) is 0 Å². The number of carbonyl (C=O) groups is 2. The van der Waals surface area contributed by atoms with Crippen molar-refractivity contribution in [2.45, 2.75) is 45.7 Å². The lowest BCUT2D eigenvalue weighted by atomic mass is 10.2. The van der Waals surface area contributed by atoms with Crippen LogP contribution in [0.25, 0.3) is 0 Å². The minimum atomic E-state index is -0.467. The summed E-state index contributed by atoms with van der Waals surface area (Å²) in [5.41, 5.74) is 0. The summed E-state index contributed by atoms with van der Waals surface area (Å²) >= 11 is 0. The van der Waals surface area contributed by atoms with Crippen molar-refractivity contribution in [1.29, 1.82) is 0 Å². The van der Waals surface area contributed by atoms with Crippen LogP contribution in [0.15, 0.2) is 25.3 Å². The first-order chi connectivity index (χ1) is 13.0. The molecule has 8 heteroatoms. The van der Waals surface area contributed by atoms with E-state index in [0.29, 0.717) is 13.2 Å². The van der Waals surface area contributed by atoms with Gasteiger partial charge in [0.25, 0.3) is 0 Å². The van der Waals surface area contributed by atoms with Crippen LogP contribution in [0.1, 0.15) is 33.1 Å². The van der Waals surface area contributed by atoms with Crippen LogP contribution in [0.3, 0.4) is 0 Å². The predicted molar refractivity (Wildman–Crippen MR) is 98.9 cm³/mol. The fourth-order valence-electron chi connectivity index (χ4n) is 1.81. The minimum Gasteiger partial charge on any atom is -0.460 e. The zero-order valence-corrected chi connectivity index (χ0v) is 16.4. The third-order valence-electron chi connectivity index (χ3n) is 3.19. The third-order valence-corrected chi connectivity index (χ3v) is 3.19. The molecule has 0 spiro atoms. The topological polar surface area (TPSA) is 89.5 Å². The maximum absolute atomic E-state index is 10.8. The Morgan fingerprint density at radius 1 is 0.667 bits per heavy atom. The lowest BCUT2D eigenvalue weighted by molar-refractivity contribution is -0.154. The SMILES string of the molecule is C=CC(=O)OCCOC(C)OCCCCCOC(C)OCCOC(=O)C=C. The first-order valence-electron chi connectivity index (χ1n) is 9.04. The van der Waals surface area contributed by atoms with Crippen molar-refractivity contribution in [3.63, 3.8) is 0 Å². The number of rotatable bonds is 18. The molecule has 0 radical (unpaired) electrons. The van der Waals surface area contributed by atoms with Crippen molar-refractivity contribution in [3.05, 3.63) is 25.3 Å². The van der Waals surface area contributed by atoms with Crippen LogP contribution in [-0.4, -0.2) is 64.2 Å². The van der Waals surface area contributed by atoms with Gasteiger partial charge in [-0.05, 0) is 33.1 Å². The van der Waals surface area contributed by atoms with Crippen molar-refractivity contribution in [2.24, 2.45) is 0 Å². The molecular formula is C19H32O8. The average Bonchev–Trinajstić information content (AvgIpc) is 2.67. The zero-order valence-electron chi connectivity index (χ0n) is 16.4. The van der Waals surface area contributed by atoms with Gasteiger partial charge in [0.1, 0.15) is 13.2 Å². The minimum absolute atomic E-state index is 0.173. The summed E-state index contributed by atoms with van der Waals surface area (Å²) in [6.45, 7) is 12.3. The quantitative estimate of drug-likeness (QED) is 0.153. The van der Waals surface area contributed by atoms with Gasteiger partial charge in [-0.3, -0.25) is 0 Å². The first kappa shape index (κ1) is 25.3. The highest BCUT2D eigenvalue weighted by molar-refractivity contribution is 5.81. The van der Waals surface area contributed by atoms with Crippen molar-refractivity contribution >= 4 is 11.9 Å². The maximum Gasteiger partial charge on any atom is 0.330 e. The Balaban J connectivity index is 3.38. The van der Waals surface area contributed by atoms with Crippen molar-refractivity contribution in [2.75, 3.05) is 39.6 Å². The van der Waals surface area contributed by atoms with Crippen LogP contribution in [0.4, 0.5) is 0 Å². The van der Waals surface area contributed by atoms with Crippen LogP contribution in [0.5, 0.6) is 0 Å². The molecule has 8 nitrogen and oxygen atoms in total. The Bertz CT molecular complexity index is 386. The predicted octanol–water partition coefficient (Wildman–Crippen LogP) is 2.37. The van der Waals surface area contributed by atoms with Gasteiger partial charge >= 0.3 is 11.9 Å². The Kier molecular flexibility index (Phi) is 16.5. The van der Waals surface area contributed by atoms with Crippen LogP contribution in [-0.2, 0) is 38.0 Å². The number of unbranched alkanes of at least 4 members (excludes halogenated alkanes) is 2. The number of ether oxygens (including phenoxy) is 6. The lowest BCUT2D eigenvalue weighted by Crippen LogP contribution is -2.18. The van der Waals surface area contributed by atoms with Crippen LogP contribution < -0.4 is 0 Å². The van der Waals surface area contributed by atoms with E-state index in [-0.39, 0.29) is 39.0 Å². The highest BCUT2D eigenvalue weighted by Crippen LogP contribution is 2.02. The number of esters is 2. The van der Waals surface area contributed by atoms with E-state index in [1.807, 2.05) is 0 Å². The second-order valence-corrected chi connectivity index (χ2v) is 5.42. The highest BCUT2D eigenvalue weighted by atomic mass is 16.7. The summed E-state index contributed by atoms with van der Waals surface area (Å²) in [6.07, 6.45) is 4.23. The molecule has 0 aromatic rings. The Hall–Kier alpha value is -1.74. The van der Waals surface area contributed by atoms with Gasteiger partial charge in [-0.1, -0.05) is 13.2 Å². The molecule has 0 rings (SSSR count). The summed E-state index contributed by atoms with van der Waals surface area (Å²) in [7, 11) is 0. The van der Waals surface area contributed by atoms with Gasteiger partial charge in [0.05, 0.1) is 13.2 Å². The molecule has 0 N–H and O–H groups in total. The van der Waals surface area contributed by atoms with Crippen molar-refractivity contribution in [1.82, 2.24) is 0 Å². The van der Waals surface area contributed by atoms with Gasteiger partial charge in [-0.25, -0.2) is 9.59 Å². The van der Waals surface area contributed by atoms with Gasteiger partial charge in [0.15, 0.2) is 12.6 Å². The molecule has 2 atom stereocenters. The van der Waals surface area contributed by atoms with E-state index in [9.17, 15) is 9.59 Å². The van der Waals surface area contributed by atoms with Gasteiger partial charge < -0.3 is 28.4 Å². The van der Waals surface area contributed by atoms with Gasteiger partial charge in [0, 0.05) is 25.4 Å². The van der Waals surface area contributed by atoms with E-state index in [4.69, 9.17) is 28.4 Å². The molecule has 156 valence electrons. The summed E-state index contributed by atoms with van der Waals surface area (Å²) in [5, 5.41) is 0. The largest absolute Gasteiger partial charge is 0.460 e. The Labute approximate surface area is 161 Å². The molecular weight excluding hydrogens is 356 g/mol. The molecule has 27 heavy (non-hydrogen) atoms. The fourth-order valence-corrected chi connectivity index (χ4v) is 1.81. The van der Waals surface area contributed by atoms with E-state index in [1.54, 1.807) is 13.8 Å².